The van der Waals surface area contributed by atoms with Gasteiger partial charge in [-0.3, -0.25) is 19.3 Å². The molecule has 0 bridgehead atoms. The highest BCUT2D eigenvalue weighted by molar-refractivity contribution is 6.37. The summed E-state index contributed by atoms with van der Waals surface area (Å²) in [6, 6.07) is 17.7. The minimum Gasteiger partial charge on any atom is -0.325 e. The SMILES string of the molecule is Cc1ccc2c(c1)C1(C(=O)N2)N2CCCC2C(C(=O)c2ccc(Cl)cc2Cl)C12C(=O)Nc1ccccc12. The Labute approximate surface area is 223 Å². The molecule has 4 unspecified atom stereocenters. The third kappa shape index (κ3) is 2.63. The van der Waals surface area contributed by atoms with E-state index in [2.05, 4.69) is 15.5 Å². The lowest BCUT2D eigenvalue weighted by Gasteiger charge is -2.43. The van der Waals surface area contributed by atoms with Gasteiger partial charge in [0.25, 0.3) is 5.91 Å². The lowest BCUT2D eigenvalue weighted by molar-refractivity contribution is -0.137. The van der Waals surface area contributed by atoms with E-state index in [9.17, 15) is 14.4 Å². The molecular formula is C29H23Cl2N3O3. The molecule has 0 saturated carbocycles. The summed E-state index contributed by atoms with van der Waals surface area (Å²) in [7, 11) is 0. The van der Waals surface area contributed by atoms with Crippen LogP contribution in [0.1, 0.15) is 39.9 Å². The number of nitrogens with one attached hydrogen (secondary N) is 2. The molecule has 4 aliphatic heterocycles. The number of hydrogen-bond donors (Lipinski definition) is 2. The van der Waals surface area contributed by atoms with Crippen molar-refractivity contribution in [3.63, 3.8) is 0 Å². The molecule has 0 aromatic heterocycles. The van der Waals surface area contributed by atoms with Gasteiger partial charge in [0.2, 0.25) is 5.91 Å². The standard InChI is InChI=1S/C29H23Cl2N3O3/c1-15-8-11-22-19(13-15)29(27(37)33-22)28(18-5-2-3-6-21(18)32-26(28)36)24(23-7-4-12-34(23)29)25(35)17-10-9-16(30)14-20(17)31/h2-3,5-6,8-11,13-14,23-24H,4,7,12H2,1H3,(H,32,36)(H,33,37). The first-order valence-corrected chi connectivity index (χ1v) is 13.2. The van der Waals surface area contributed by atoms with Gasteiger partial charge >= 0.3 is 0 Å². The van der Waals surface area contributed by atoms with Crippen LogP contribution in [0, 0.1) is 12.8 Å². The Balaban J connectivity index is 1.60. The van der Waals surface area contributed by atoms with Gasteiger partial charge in [-0.1, -0.05) is 59.1 Å². The fraction of sp³-hybridized carbons (Fsp3) is 0.276. The van der Waals surface area contributed by atoms with Crippen LogP contribution in [0.5, 0.6) is 0 Å². The van der Waals surface area contributed by atoms with Gasteiger partial charge in [0.15, 0.2) is 5.78 Å². The number of halogens is 2. The third-order valence-corrected chi connectivity index (χ3v) is 9.28. The van der Waals surface area contributed by atoms with Gasteiger partial charge in [0, 0.05) is 33.6 Å². The molecule has 2 fully saturated rings. The zero-order valence-electron chi connectivity index (χ0n) is 20.0. The largest absolute Gasteiger partial charge is 0.325 e. The average molecular weight is 532 g/mol. The Morgan fingerprint density at radius 3 is 2.51 bits per heavy atom. The smallest absolute Gasteiger partial charge is 0.251 e. The summed E-state index contributed by atoms with van der Waals surface area (Å²) in [5, 5.41) is 6.77. The fourth-order valence-electron chi connectivity index (χ4n) is 7.55. The lowest BCUT2D eigenvalue weighted by atomic mass is 9.57. The molecule has 4 heterocycles. The van der Waals surface area contributed by atoms with Crippen LogP contribution in [0.25, 0.3) is 0 Å². The topological polar surface area (TPSA) is 78.5 Å². The van der Waals surface area contributed by atoms with Crippen LogP contribution in [0.3, 0.4) is 0 Å². The van der Waals surface area contributed by atoms with Crippen LogP contribution in [0.4, 0.5) is 11.4 Å². The van der Waals surface area contributed by atoms with Crippen LogP contribution >= 0.6 is 23.2 Å². The van der Waals surface area contributed by atoms with Gasteiger partial charge in [-0.15, -0.1) is 0 Å². The number of hydrogen-bond acceptors (Lipinski definition) is 4. The van der Waals surface area contributed by atoms with Crippen LogP contribution in [0.15, 0.2) is 60.7 Å². The van der Waals surface area contributed by atoms with Gasteiger partial charge in [0.05, 0.1) is 10.9 Å². The zero-order valence-corrected chi connectivity index (χ0v) is 21.5. The molecule has 37 heavy (non-hydrogen) atoms. The first-order chi connectivity index (χ1) is 17.8. The van der Waals surface area contributed by atoms with E-state index in [-0.39, 0.29) is 28.7 Å². The van der Waals surface area contributed by atoms with Gasteiger partial charge in [-0.25, -0.2) is 0 Å². The Morgan fingerprint density at radius 2 is 1.70 bits per heavy atom. The monoisotopic (exact) mass is 531 g/mol. The van der Waals surface area contributed by atoms with Crippen LogP contribution in [-0.2, 0) is 20.5 Å². The predicted octanol–water partition coefficient (Wildman–Crippen LogP) is 5.32. The molecule has 0 aliphatic carbocycles. The molecule has 0 radical (unpaired) electrons. The molecule has 2 spiro atoms. The Morgan fingerprint density at radius 1 is 0.946 bits per heavy atom. The summed E-state index contributed by atoms with van der Waals surface area (Å²) in [5.74, 6) is -1.70. The van der Waals surface area contributed by atoms with E-state index in [1.807, 2.05) is 49.4 Å². The van der Waals surface area contributed by atoms with Crippen molar-refractivity contribution in [2.75, 3.05) is 17.2 Å². The highest BCUT2D eigenvalue weighted by Gasteiger charge is 2.81. The Bertz CT molecular complexity index is 1560. The van der Waals surface area contributed by atoms with Crippen LogP contribution in [0.2, 0.25) is 10.0 Å². The average Bonchev–Trinajstić information content (AvgIpc) is 3.58. The van der Waals surface area contributed by atoms with Gasteiger partial charge < -0.3 is 10.6 Å². The molecule has 2 N–H and O–H groups in total. The number of nitrogens with zero attached hydrogens (tertiary/aromatic N) is 1. The number of Topliss-reactive ketones (excluding diaryl/α,β-unsaturated/α-hetero) is 1. The molecule has 3 aromatic carbocycles. The van der Waals surface area contributed by atoms with Crippen LogP contribution in [-0.4, -0.2) is 35.1 Å². The van der Waals surface area contributed by atoms with Crippen LogP contribution < -0.4 is 10.6 Å². The maximum Gasteiger partial charge on any atom is 0.251 e. The third-order valence-electron chi connectivity index (χ3n) is 8.73. The van der Waals surface area contributed by atoms with E-state index < -0.39 is 16.9 Å². The molecule has 7 rings (SSSR count). The summed E-state index contributed by atoms with van der Waals surface area (Å²) in [4.78, 5) is 45.5. The van der Waals surface area contributed by atoms with Crippen molar-refractivity contribution in [3.8, 4) is 0 Å². The van der Waals surface area contributed by atoms with E-state index in [4.69, 9.17) is 23.2 Å². The van der Waals surface area contributed by atoms with Crippen molar-refractivity contribution >= 4 is 52.2 Å². The number of ketones is 1. The summed E-state index contributed by atoms with van der Waals surface area (Å²) in [5.41, 5.74) is 1.12. The second kappa shape index (κ2) is 7.67. The van der Waals surface area contributed by atoms with E-state index in [1.165, 1.54) is 0 Å². The lowest BCUT2D eigenvalue weighted by Crippen LogP contribution is -2.62. The summed E-state index contributed by atoms with van der Waals surface area (Å²) in [6.45, 7) is 2.57. The number of para-hydroxylation sites is 1. The van der Waals surface area contributed by atoms with Gasteiger partial charge in [-0.05, 0) is 62.2 Å². The number of anilines is 2. The Kier molecular flexibility index (Phi) is 4.76. The van der Waals surface area contributed by atoms with E-state index in [0.717, 1.165) is 17.5 Å². The zero-order chi connectivity index (χ0) is 25.7. The molecule has 8 heteroatoms. The fourth-order valence-corrected chi connectivity index (χ4v) is 8.05. The quantitative estimate of drug-likeness (QED) is 0.439. The van der Waals surface area contributed by atoms with Crippen molar-refractivity contribution in [2.45, 2.75) is 36.8 Å². The summed E-state index contributed by atoms with van der Waals surface area (Å²) in [6.07, 6.45) is 1.51. The Hall–Kier alpha value is -3.19. The number of amides is 2. The molecule has 2 saturated heterocycles. The normalized spacial score (nSPS) is 29.4. The van der Waals surface area contributed by atoms with E-state index in [0.29, 0.717) is 40.5 Å². The molecule has 186 valence electrons. The minimum absolute atomic E-state index is 0.233. The molecular weight excluding hydrogens is 509 g/mol. The maximum atomic E-state index is 14.6. The first-order valence-electron chi connectivity index (χ1n) is 12.4. The maximum absolute atomic E-state index is 14.6. The summed E-state index contributed by atoms with van der Waals surface area (Å²) < 4.78 is 0. The van der Waals surface area contributed by atoms with Crippen molar-refractivity contribution < 1.29 is 14.4 Å². The second-order valence-corrected chi connectivity index (χ2v) is 11.2. The molecule has 4 aliphatic rings. The number of rotatable bonds is 2. The van der Waals surface area contributed by atoms with E-state index in [1.54, 1.807) is 18.2 Å². The predicted molar refractivity (Wildman–Crippen MR) is 142 cm³/mol. The minimum atomic E-state index is -1.49. The highest BCUT2D eigenvalue weighted by atomic mass is 35.5. The second-order valence-electron chi connectivity index (χ2n) is 10.4. The molecule has 6 nitrogen and oxygen atoms in total. The van der Waals surface area contributed by atoms with Crippen molar-refractivity contribution in [1.29, 1.82) is 0 Å². The molecule has 2 amide bonds. The first kappa shape index (κ1) is 23.0. The number of carbonyl (C=O) groups is 3. The number of aryl methyl sites for hydroxylation is 1. The van der Waals surface area contributed by atoms with Crippen molar-refractivity contribution in [3.05, 3.63) is 93.0 Å². The number of benzene rings is 3. The summed E-state index contributed by atoms with van der Waals surface area (Å²) >= 11 is 12.7. The highest BCUT2D eigenvalue weighted by Crippen LogP contribution is 2.68. The van der Waals surface area contributed by atoms with Gasteiger partial charge in [0.1, 0.15) is 11.0 Å². The van der Waals surface area contributed by atoms with Crippen molar-refractivity contribution in [2.24, 2.45) is 5.92 Å². The van der Waals surface area contributed by atoms with Crippen molar-refractivity contribution in [1.82, 2.24) is 4.90 Å². The van der Waals surface area contributed by atoms with E-state index >= 15 is 0 Å². The number of carbonyl (C=O) groups excluding carboxylic acids is 3. The van der Waals surface area contributed by atoms with Gasteiger partial charge in [-0.2, -0.15) is 0 Å². The molecule has 3 aromatic rings. The number of fused-ring (bicyclic) bond motifs is 7. The molecule has 4 atom stereocenters.